The van der Waals surface area contributed by atoms with Gasteiger partial charge in [-0.1, -0.05) is 12.1 Å². The van der Waals surface area contributed by atoms with Crippen molar-refractivity contribution in [3.05, 3.63) is 29.8 Å². The summed E-state index contributed by atoms with van der Waals surface area (Å²) in [4.78, 5) is 52.6. The highest BCUT2D eigenvalue weighted by Crippen LogP contribution is 2.28. The number of hydrogen-bond acceptors (Lipinski definition) is 9. The normalized spacial score (nSPS) is 17.8. The number of carbonyl (C=O) groups is 4. The van der Waals surface area contributed by atoms with Gasteiger partial charge in [0, 0.05) is 32.2 Å². The second-order valence-electron chi connectivity index (χ2n) is 9.63. The molecule has 0 spiro atoms. The number of nitrogens with two attached hydrogens (primary N) is 1. The number of benzene rings is 1. The molecule has 15 nitrogen and oxygen atoms in total. The monoisotopic (exact) mass is 596 g/mol. The molecule has 0 bridgehead atoms. The van der Waals surface area contributed by atoms with Crippen molar-refractivity contribution >= 4 is 39.7 Å². The van der Waals surface area contributed by atoms with E-state index in [1.165, 1.54) is 17.0 Å². The molecule has 1 aromatic rings. The molecule has 0 aromatic heterocycles. The zero-order valence-corrected chi connectivity index (χ0v) is 23.5. The summed E-state index contributed by atoms with van der Waals surface area (Å²) in [5.74, 6) is -3.52. The Morgan fingerprint density at radius 1 is 1.27 bits per heavy atom. The van der Waals surface area contributed by atoms with Crippen LogP contribution in [0.25, 0.3) is 0 Å². The van der Waals surface area contributed by atoms with Crippen LogP contribution in [0.15, 0.2) is 29.2 Å². The Morgan fingerprint density at radius 2 is 1.98 bits per heavy atom. The van der Waals surface area contributed by atoms with Gasteiger partial charge in [0.05, 0.1) is 42.6 Å². The summed E-state index contributed by atoms with van der Waals surface area (Å²) in [6.07, 6.45) is 0.0907. The molecular formula is C25H36N6O9S. The molecule has 6 N–H and O–H groups in total. The van der Waals surface area contributed by atoms with Gasteiger partial charge in [-0.15, -0.1) is 0 Å². The molecule has 16 heteroatoms. The Balaban J connectivity index is 1.79. The third kappa shape index (κ3) is 9.12. The average Bonchev–Trinajstić information content (AvgIpc) is 3.77. The van der Waals surface area contributed by atoms with Gasteiger partial charge >= 0.3 is 11.9 Å². The van der Waals surface area contributed by atoms with Gasteiger partial charge in [0.25, 0.3) is 0 Å². The van der Waals surface area contributed by atoms with E-state index in [-0.39, 0.29) is 44.7 Å². The molecule has 1 aliphatic heterocycles. The fourth-order valence-electron chi connectivity index (χ4n) is 4.36. The minimum absolute atomic E-state index is 0.0211. The Hall–Kier alpha value is -3.76. The first-order valence-corrected chi connectivity index (χ1v) is 14.7. The van der Waals surface area contributed by atoms with Gasteiger partial charge in [-0.3, -0.25) is 19.8 Å². The first-order valence-electron chi connectivity index (χ1n) is 13.2. The third-order valence-corrected chi connectivity index (χ3v) is 8.06. The van der Waals surface area contributed by atoms with Crippen LogP contribution in [0.2, 0.25) is 0 Å². The van der Waals surface area contributed by atoms with Gasteiger partial charge in [0.1, 0.15) is 6.04 Å². The van der Waals surface area contributed by atoms with E-state index in [9.17, 15) is 32.7 Å². The molecule has 2 aliphatic rings. The van der Waals surface area contributed by atoms with E-state index in [0.717, 1.165) is 12.1 Å². The Morgan fingerprint density at radius 3 is 2.61 bits per heavy atom. The lowest BCUT2D eigenvalue weighted by molar-refractivity contribution is -0.144. The number of amides is 2. The molecule has 226 valence electrons. The molecule has 1 aromatic carbocycles. The van der Waals surface area contributed by atoms with Gasteiger partial charge in [-0.05, 0) is 31.9 Å². The van der Waals surface area contributed by atoms with E-state index in [1.54, 1.807) is 11.8 Å². The van der Waals surface area contributed by atoms with Gasteiger partial charge in [0.2, 0.25) is 21.8 Å². The van der Waals surface area contributed by atoms with Crippen molar-refractivity contribution < 1.29 is 42.2 Å². The van der Waals surface area contributed by atoms with Crippen LogP contribution in [0.4, 0.5) is 0 Å². The molecule has 1 aliphatic carbocycles. The fraction of sp³-hybridized carbons (Fsp3) is 0.560. The number of morpholine rings is 1. The highest BCUT2D eigenvalue weighted by molar-refractivity contribution is 7.89. The van der Waals surface area contributed by atoms with E-state index in [0.29, 0.717) is 26.0 Å². The number of hydrogen-bond donors (Lipinski definition) is 5. The number of nitrogens with one attached hydrogen (secondary N) is 3. The van der Waals surface area contributed by atoms with E-state index in [1.807, 2.05) is 0 Å². The summed E-state index contributed by atoms with van der Waals surface area (Å²) in [5.41, 5.74) is 5.03. The molecule has 3 rings (SSSR count). The molecule has 0 radical (unpaired) electrons. The summed E-state index contributed by atoms with van der Waals surface area (Å²) in [7, 11) is -4.58. The summed E-state index contributed by atoms with van der Waals surface area (Å²) in [6.45, 7) is 2.78. The number of nitrogens with zero attached hydrogens (tertiary/aromatic N) is 2. The van der Waals surface area contributed by atoms with Gasteiger partial charge in [-0.2, -0.15) is 4.72 Å². The Kier molecular flexibility index (Phi) is 11.0. The minimum Gasteiger partial charge on any atom is -0.478 e. The predicted molar refractivity (Wildman–Crippen MR) is 144 cm³/mol. The lowest BCUT2D eigenvalue weighted by atomic mass is 10.1. The molecule has 1 saturated carbocycles. The zero-order valence-electron chi connectivity index (χ0n) is 22.7. The molecule has 2 unspecified atom stereocenters. The standard InChI is InChI=1S/C25H36N6O9S/c1-2-39-22(33)9-10-31(16-7-8-16)23(34)19(29-41(37,38)20-6-4-3-5-18(20)24(35)36)13-21(32)28-14-17-15-30(25(26)27)11-12-40-17/h3-6,16-17,19,29H,2,7-15H2,1H3,(H3,26,27)(H,28,32)(H,35,36). The fourth-order valence-corrected chi connectivity index (χ4v) is 5.75. The summed E-state index contributed by atoms with van der Waals surface area (Å²) >= 11 is 0. The van der Waals surface area contributed by atoms with Gasteiger partial charge in [-0.25, -0.2) is 13.2 Å². The van der Waals surface area contributed by atoms with Crippen molar-refractivity contribution in [2.24, 2.45) is 5.73 Å². The first-order chi connectivity index (χ1) is 19.4. The van der Waals surface area contributed by atoms with E-state index < -0.39 is 62.8 Å². The first kappa shape index (κ1) is 31.8. The van der Waals surface area contributed by atoms with Crippen LogP contribution in [0, 0.1) is 5.41 Å². The van der Waals surface area contributed by atoms with Crippen molar-refractivity contribution in [3.63, 3.8) is 0 Å². The maximum Gasteiger partial charge on any atom is 0.337 e. The van der Waals surface area contributed by atoms with Crippen LogP contribution in [0.3, 0.4) is 0 Å². The second kappa shape index (κ2) is 14.2. The van der Waals surface area contributed by atoms with Crippen LogP contribution in [0.5, 0.6) is 0 Å². The number of sulfonamides is 1. The van der Waals surface area contributed by atoms with Crippen LogP contribution >= 0.6 is 0 Å². The van der Waals surface area contributed by atoms with Crippen LogP contribution in [-0.4, -0.2) is 111 Å². The number of guanidine groups is 1. The SMILES string of the molecule is CCOC(=O)CCN(C(=O)C(CC(=O)NCC1CN(C(=N)N)CCO1)NS(=O)(=O)c1ccccc1C(=O)O)C1CC1. The maximum atomic E-state index is 13.7. The Bertz CT molecular complexity index is 1250. The van der Waals surface area contributed by atoms with E-state index in [2.05, 4.69) is 10.0 Å². The predicted octanol–water partition coefficient (Wildman–Crippen LogP) is -0.924. The number of esters is 1. The summed E-state index contributed by atoms with van der Waals surface area (Å²) in [5, 5.41) is 19.7. The second-order valence-corrected chi connectivity index (χ2v) is 11.3. The van der Waals surface area contributed by atoms with Crippen LogP contribution in [-0.2, 0) is 33.9 Å². The van der Waals surface area contributed by atoms with Crippen LogP contribution < -0.4 is 15.8 Å². The number of rotatable bonds is 14. The highest BCUT2D eigenvalue weighted by atomic mass is 32.2. The maximum absolute atomic E-state index is 13.7. The number of aromatic carboxylic acids is 1. The molecule has 1 heterocycles. The molecule has 1 saturated heterocycles. The molecule has 2 amide bonds. The third-order valence-electron chi connectivity index (χ3n) is 6.53. The number of carboxylic acid groups (broad SMARTS) is 1. The number of ether oxygens (including phenoxy) is 2. The van der Waals surface area contributed by atoms with Gasteiger partial charge < -0.3 is 35.4 Å². The highest BCUT2D eigenvalue weighted by Gasteiger charge is 2.39. The van der Waals surface area contributed by atoms with Crippen molar-refractivity contribution in [2.75, 3.05) is 39.4 Å². The topological polar surface area (TPSA) is 222 Å². The summed E-state index contributed by atoms with van der Waals surface area (Å²) < 4.78 is 39.4. The number of carbonyl (C=O) groups excluding carboxylic acids is 3. The van der Waals surface area contributed by atoms with Gasteiger partial charge in [0.15, 0.2) is 5.96 Å². The quantitative estimate of drug-likeness (QED) is 0.100. The lowest BCUT2D eigenvalue weighted by Crippen LogP contribution is -2.53. The average molecular weight is 597 g/mol. The molecule has 2 fully saturated rings. The summed E-state index contributed by atoms with van der Waals surface area (Å²) in [6, 6.07) is 3.09. The van der Waals surface area contributed by atoms with Crippen molar-refractivity contribution in [3.8, 4) is 0 Å². The molecule has 2 atom stereocenters. The minimum atomic E-state index is -4.58. The van der Waals surface area contributed by atoms with Crippen molar-refractivity contribution in [2.45, 2.75) is 55.7 Å². The number of carboxylic acids is 1. The molecular weight excluding hydrogens is 560 g/mol. The van der Waals surface area contributed by atoms with E-state index >= 15 is 0 Å². The molecule has 41 heavy (non-hydrogen) atoms. The van der Waals surface area contributed by atoms with Crippen molar-refractivity contribution in [1.29, 1.82) is 5.41 Å². The van der Waals surface area contributed by atoms with Crippen molar-refractivity contribution in [1.82, 2.24) is 19.8 Å². The van der Waals surface area contributed by atoms with E-state index in [4.69, 9.17) is 20.6 Å². The largest absolute Gasteiger partial charge is 0.478 e. The Labute approximate surface area is 237 Å². The zero-order chi connectivity index (χ0) is 30.2. The van der Waals surface area contributed by atoms with Crippen LogP contribution in [0.1, 0.15) is 43.0 Å². The lowest BCUT2D eigenvalue weighted by Gasteiger charge is -2.33. The smallest absolute Gasteiger partial charge is 0.337 e.